The van der Waals surface area contributed by atoms with Crippen molar-refractivity contribution in [1.29, 1.82) is 0 Å². The van der Waals surface area contributed by atoms with Crippen LogP contribution in [-0.4, -0.2) is 40.3 Å². The molecule has 0 saturated carbocycles. The van der Waals surface area contributed by atoms with Crippen LogP contribution in [-0.2, 0) is 7.05 Å². The Morgan fingerprint density at radius 2 is 2.21 bits per heavy atom. The molecule has 0 saturated heterocycles. The Labute approximate surface area is 112 Å². The topological polar surface area (TPSA) is 46.0 Å². The molecule has 0 aromatic carbocycles. The minimum atomic E-state index is -0.479. The van der Waals surface area contributed by atoms with E-state index in [1.165, 1.54) is 6.07 Å². The monoisotopic (exact) mass is 263 g/mol. The van der Waals surface area contributed by atoms with E-state index in [0.29, 0.717) is 12.4 Å². The van der Waals surface area contributed by atoms with Gasteiger partial charge in [0.25, 0.3) is 0 Å². The second-order valence-corrected chi connectivity index (χ2v) is 4.65. The van der Waals surface area contributed by atoms with Gasteiger partial charge in [-0.15, -0.1) is 0 Å². The first-order valence-electron chi connectivity index (χ1n) is 6.07. The van der Waals surface area contributed by atoms with Gasteiger partial charge in [0.1, 0.15) is 5.82 Å². The fourth-order valence-corrected chi connectivity index (χ4v) is 1.92. The summed E-state index contributed by atoms with van der Waals surface area (Å²) >= 11 is 0. The summed E-state index contributed by atoms with van der Waals surface area (Å²) in [4.78, 5) is 5.87. The molecule has 19 heavy (non-hydrogen) atoms. The van der Waals surface area contributed by atoms with Gasteiger partial charge in [-0.25, -0.2) is 4.98 Å². The molecular weight excluding hydrogens is 245 g/mol. The number of hydrogen-bond acceptors (Lipinski definition) is 4. The zero-order valence-electron chi connectivity index (χ0n) is 11.3. The lowest BCUT2D eigenvalue weighted by atomic mass is 10.1. The molecular formula is C13H18FN5. The predicted molar refractivity (Wildman–Crippen MR) is 72.3 cm³/mol. The van der Waals surface area contributed by atoms with Gasteiger partial charge in [-0.1, -0.05) is 6.07 Å². The molecule has 0 bridgehead atoms. The molecule has 1 unspecified atom stereocenters. The van der Waals surface area contributed by atoms with Crippen molar-refractivity contribution in [3.8, 4) is 0 Å². The van der Waals surface area contributed by atoms with Crippen LogP contribution in [0.5, 0.6) is 0 Å². The minimum Gasteiger partial charge on any atom is -0.368 e. The van der Waals surface area contributed by atoms with Gasteiger partial charge in [0.15, 0.2) is 0 Å². The summed E-state index contributed by atoms with van der Waals surface area (Å²) in [6.45, 7) is 0.634. The average Bonchev–Trinajstić information content (AvgIpc) is 2.76. The highest BCUT2D eigenvalue weighted by Gasteiger charge is 2.15. The maximum absolute atomic E-state index is 13.0. The third kappa shape index (κ3) is 3.51. The molecule has 0 radical (unpaired) electrons. The largest absolute Gasteiger partial charge is 0.368 e. The maximum Gasteiger partial charge on any atom is 0.214 e. The van der Waals surface area contributed by atoms with E-state index in [1.807, 2.05) is 33.5 Å². The minimum absolute atomic E-state index is 0.152. The number of aromatic nitrogens is 3. The first-order valence-corrected chi connectivity index (χ1v) is 6.07. The van der Waals surface area contributed by atoms with Gasteiger partial charge < -0.3 is 10.2 Å². The molecule has 1 N–H and O–H groups in total. The molecule has 0 amide bonds. The molecule has 0 aliphatic heterocycles. The number of aryl methyl sites for hydroxylation is 1. The van der Waals surface area contributed by atoms with Crippen LogP contribution in [0.1, 0.15) is 11.6 Å². The van der Waals surface area contributed by atoms with E-state index in [1.54, 1.807) is 16.8 Å². The van der Waals surface area contributed by atoms with Crippen molar-refractivity contribution in [3.63, 3.8) is 0 Å². The van der Waals surface area contributed by atoms with Gasteiger partial charge in [-0.2, -0.15) is 9.49 Å². The Morgan fingerprint density at radius 1 is 1.42 bits per heavy atom. The van der Waals surface area contributed by atoms with Crippen molar-refractivity contribution in [2.45, 2.75) is 6.04 Å². The summed E-state index contributed by atoms with van der Waals surface area (Å²) in [5.74, 6) is 0.0588. The normalized spacial score (nSPS) is 12.7. The molecule has 0 spiro atoms. The Bertz CT molecular complexity index is 537. The van der Waals surface area contributed by atoms with Crippen molar-refractivity contribution in [3.05, 3.63) is 42.1 Å². The van der Waals surface area contributed by atoms with Crippen LogP contribution >= 0.6 is 0 Å². The van der Waals surface area contributed by atoms with Crippen molar-refractivity contribution in [2.24, 2.45) is 7.05 Å². The van der Waals surface area contributed by atoms with Gasteiger partial charge >= 0.3 is 0 Å². The quantitative estimate of drug-likeness (QED) is 0.834. The van der Waals surface area contributed by atoms with Crippen LogP contribution < -0.4 is 5.32 Å². The van der Waals surface area contributed by atoms with E-state index in [0.717, 1.165) is 5.56 Å². The lowest BCUT2D eigenvalue weighted by Gasteiger charge is -2.23. The number of pyridine rings is 1. The highest BCUT2D eigenvalue weighted by atomic mass is 19.1. The van der Waals surface area contributed by atoms with Crippen molar-refractivity contribution >= 4 is 5.82 Å². The summed E-state index contributed by atoms with van der Waals surface area (Å²) in [6, 6.07) is 4.87. The van der Waals surface area contributed by atoms with Gasteiger partial charge in [-0.05, 0) is 26.2 Å². The van der Waals surface area contributed by atoms with Crippen LogP contribution in [0.4, 0.5) is 10.2 Å². The van der Waals surface area contributed by atoms with Crippen LogP contribution in [0.15, 0.2) is 30.6 Å². The Morgan fingerprint density at radius 3 is 2.79 bits per heavy atom. The second-order valence-electron chi connectivity index (χ2n) is 4.65. The molecule has 2 aromatic rings. The maximum atomic E-state index is 13.0. The molecule has 0 fully saturated rings. The Balaban J connectivity index is 2.06. The zero-order chi connectivity index (χ0) is 13.8. The van der Waals surface area contributed by atoms with E-state index in [2.05, 4.69) is 20.3 Å². The van der Waals surface area contributed by atoms with Crippen LogP contribution in [0.3, 0.4) is 0 Å². The molecule has 102 valence electrons. The lowest BCUT2D eigenvalue weighted by molar-refractivity contribution is 0.311. The third-order valence-electron chi connectivity index (χ3n) is 2.92. The van der Waals surface area contributed by atoms with Gasteiger partial charge in [0.05, 0.1) is 12.2 Å². The fraction of sp³-hybridized carbons (Fsp3) is 0.385. The molecule has 5 nitrogen and oxygen atoms in total. The summed E-state index contributed by atoms with van der Waals surface area (Å²) in [7, 11) is 5.88. The number of hydrogen-bond donors (Lipinski definition) is 1. The molecule has 6 heteroatoms. The molecule has 1 atom stereocenters. The van der Waals surface area contributed by atoms with Crippen molar-refractivity contribution in [1.82, 2.24) is 19.7 Å². The number of anilines is 1. The zero-order valence-corrected chi connectivity index (χ0v) is 11.3. The molecule has 0 aliphatic rings. The number of nitrogens with one attached hydrogen (secondary N) is 1. The predicted octanol–water partition coefficient (Wildman–Crippen LogP) is 1.67. The highest BCUT2D eigenvalue weighted by molar-refractivity contribution is 5.34. The van der Waals surface area contributed by atoms with Gasteiger partial charge in [0.2, 0.25) is 5.95 Å². The Kier molecular flexibility index (Phi) is 4.11. The summed E-state index contributed by atoms with van der Waals surface area (Å²) in [5, 5.41) is 7.32. The average molecular weight is 263 g/mol. The summed E-state index contributed by atoms with van der Waals surface area (Å²) in [6.07, 6.45) is 3.82. The van der Waals surface area contributed by atoms with E-state index >= 15 is 0 Å². The first-order chi connectivity index (χ1) is 9.06. The summed E-state index contributed by atoms with van der Waals surface area (Å²) in [5.41, 5.74) is 1.11. The number of nitrogens with zero attached hydrogens (tertiary/aromatic N) is 4. The molecule has 2 rings (SSSR count). The standard InChI is InChI=1S/C13H18FN5/c1-18(2)11(10-7-16-19(3)9-10)8-15-13-6-4-5-12(14)17-13/h4-7,9,11H,8H2,1-3H3,(H,15,17). The van der Waals surface area contributed by atoms with Crippen LogP contribution in [0, 0.1) is 5.95 Å². The smallest absolute Gasteiger partial charge is 0.214 e. The number of likely N-dealkylation sites (N-methyl/N-ethyl adjacent to an activating group) is 1. The first kappa shape index (κ1) is 13.5. The van der Waals surface area contributed by atoms with Crippen LogP contribution in [0.25, 0.3) is 0 Å². The highest BCUT2D eigenvalue weighted by Crippen LogP contribution is 2.18. The fourth-order valence-electron chi connectivity index (χ4n) is 1.92. The van der Waals surface area contributed by atoms with Crippen molar-refractivity contribution in [2.75, 3.05) is 26.0 Å². The molecule has 2 aromatic heterocycles. The molecule has 2 heterocycles. The number of halogens is 1. The number of rotatable bonds is 5. The Hall–Kier alpha value is -1.95. The molecule has 0 aliphatic carbocycles. The van der Waals surface area contributed by atoms with E-state index in [-0.39, 0.29) is 6.04 Å². The summed E-state index contributed by atoms with van der Waals surface area (Å²) < 4.78 is 14.8. The van der Waals surface area contributed by atoms with E-state index < -0.39 is 5.95 Å². The van der Waals surface area contributed by atoms with E-state index in [4.69, 9.17) is 0 Å². The van der Waals surface area contributed by atoms with Gasteiger partial charge in [0, 0.05) is 25.4 Å². The third-order valence-corrected chi connectivity index (χ3v) is 2.92. The second kappa shape index (κ2) is 5.79. The van der Waals surface area contributed by atoms with Gasteiger partial charge in [-0.3, -0.25) is 4.68 Å². The lowest BCUT2D eigenvalue weighted by Crippen LogP contribution is -2.26. The van der Waals surface area contributed by atoms with Crippen LogP contribution in [0.2, 0.25) is 0 Å². The SMILES string of the molecule is CN(C)C(CNc1cccc(F)n1)c1cnn(C)c1. The van der Waals surface area contributed by atoms with Crippen molar-refractivity contribution < 1.29 is 4.39 Å². The van der Waals surface area contributed by atoms with E-state index in [9.17, 15) is 4.39 Å².